The molecule has 1 saturated heterocycles. The van der Waals surface area contributed by atoms with Crippen molar-refractivity contribution in [2.45, 2.75) is 18.9 Å². The zero-order valence-corrected chi connectivity index (χ0v) is 11.2. The monoisotopic (exact) mass is 274 g/mol. The van der Waals surface area contributed by atoms with Gasteiger partial charge in [0.25, 0.3) is 0 Å². The van der Waals surface area contributed by atoms with Gasteiger partial charge in [0.05, 0.1) is 12.3 Å². The molecule has 106 valence electrons. The Bertz CT molecular complexity index is 530. The number of carbonyl (C=O) groups is 1. The number of carbonyl (C=O) groups excluding carboxylic acids is 1. The first kappa shape index (κ1) is 12.9. The Kier molecular flexibility index (Phi) is 3.83. The van der Waals surface area contributed by atoms with Crippen LogP contribution in [0, 0.1) is 0 Å². The van der Waals surface area contributed by atoms with Crippen molar-refractivity contribution in [1.82, 2.24) is 19.8 Å². The van der Waals surface area contributed by atoms with E-state index in [0.29, 0.717) is 6.54 Å². The maximum atomic E-state index is 12.0. The molecule has 1 aliphatic rings. The Morgan fingerprint density at radius 2 is 2.30 bits per heavy atom. The topological polar surface area (TPSA) is 63.3 Å². The summed E-state index contributed by atoms with van der Waals surface area (Å²) in [6.07, 6.45) is 8.79. The van der Waals surface area contributed by atoms with E-state index in [-0.39, 0.29) is 12.1 Å². The summed E-state index contributed by atoms with van der Waals surface area (Å²) in [4.78, 5) is 18.2. The van der Waals surface area contributed by atoms with Gasteiger partial charge < -0.3 is 9.73 Å². The summed E-state index contributed by atoms with van der Waals surface area (Å²) in [6, 6.07) is 3.78. The van der Waals surface area contributed by atoms with E-state index >= 15 is 0 Å². The van der Waals surface area contributed by atoms with E-state index in [1.165, 1.54) is 23.7 Å². The normalized spacial score (nSPS) is 17.2. The standard InChI is InChI=1S/C14H18N4O2/c19-14(18-8-5-15-11-18)16-10-12(13-4-3-9-20-13)17-6-1-2-7-17/h3-5,8-9,11-12H,1-2,6-7,10H2,(H,16,19). The van der Waals surface area contributed by atoms with Crippen LogP contribution < -0.4 is 5.32 Å². The zero-order valence-electron chi connectivity index (χ0n) is 11.2. The van der Waals surface area contributed by atoms with Gasteiger partial charge in [-0.15, -0.1) is 0 Å². The summed E-state index contributed by atoms with van der Waals surface area (Å²) in [5.74, 6) is 0.901. The van der Waals surface area contributed by atoms with Crippen LogP contribution in [-0.4, -0.2) is 40.1 Å². The van der Waals surface area contributed by atoms with Crippen LogP contribution in [-0.2, 0) is 0 Å². The molecule has 0 saturated carbocycles. The van der Waals surface area contributed by atoms with E-state index in [1.54, 1.807) is 18.7 Å². The van der Waals surface area contributed by atoms with Gasteiger partial charge in [-0.05, 0) is 38.1 Å². The van der Waals surface area contributed by atoms with Crippen molar-refractivity contribution in [3.8, 4) is 0 Å². The highest BCUT2D eigenvalue weighted by molar-refractivity contribution is 5.76. The molecular formula is C14H18N4O2. The number of amides is 1. The molecule has 0 spiro atoms. The fourth-order valence-electron chi connectivity index (χ4n) is 2.60. The van der Waals surface area contributed by atoms with Crippen molar-refractivity contribution in [2.75, 3.05) is 19.6 Å². The van der Waals surface area contributed by atoms with Crippen LogP contribution in [0.25, 0.3) is 0 Å². The van der Waals surface area contributed by atoms with Crippen molar-refractivity contribution in [3.05, 3.63) is 42.9 Å². The number of hydrogen-bond acceptors (Lipinski definition) is 4. The van der Waals surface area contributed by atoms with E-state index in [0.717, 1.165) is 18.8 Å². The van der Waals surface area contributed by atoms with Gasteiger partial charge >= 0.3 is 6.03 Å². The molecule has 6 heteroatoms. The third-order valence-corrected chi connectivity index (χ3v) is 3.64. The molecule has 3 heterocycles. The molecule has 1 N–H and O–H groups in total. The highest BCUT2D eigenvalue weighted by Crippen LogP contribution is 2.24. The molecule has 1 unspecified atom stereocenters. The van der Waals surface area contributed by atoms with Crippen LogP contribution >= 0.6 is 0 Å². The number of imidazole rings is 1. The molecule has 0 aromatic carbocycles. The van der Waals surface area contributed by atoms with Crippen molar-refractivity contribution in [2.24, 2.45) is 0 Å². The third-order valence-electron chi connectivity index (χ3n) is 3.64. The molecule has 1 aliphatic heterocycles. The number of nitrogens with zero attached hydrogens (tertiary/aromatic N) is 3. The number of likely N-dealkylation sites (tertiary alicyclic amines) is 1. The Morgan fingerprint density at radius 1 is 1.45 bits per heavy atom. The van der Waals surface area contributed by atoms with Gasteiger partial charge in [-0.3, -0.25) is 9.47 Å². The quantitative estimate of drug-likeness (QED) is 0.924. The maximum Gasteiger partial charge on any atom is 0.326 e. The van der Waals surface area contributed by atoms with Crippen molar-refractivity contribution in [3.63, 3.8) is 0 Å². The Balaban J connectivity index is 1.66. The molecule has 0 radical (unpaired) electrons. The molecule has 0 bridgehead atoms. The van der Waals surface area contributed by atoms with Gasteiger partial charge in [-0.2, -0.15) is 0 Å². The fourth-order valence-corrected chi connectivity index (χ4v) is 2.60. The Labute approximate surface area is 117 Å². The number of aromatic nitrogens is 2. The first-order valence-corrected chi connectivity index (χ1v) is 6.88. The number of nitrogens with one attached hydrogen (secondary N) is 1. The van der Waals surface area contributed by atoms with E-state index in [1.807, 2.05) is 12.1 Å². The minimum absolute atomic E-state index is 0.0972. The number of rotatable bonds is 4. The van der Waals surface area contributed by atoms with Crippen LogP contribution in [0.15, 0.2) is 41.5 Å². The summed E-state index contributed by atoms with van der Waals surface area (Å²) in [5, 5.41) is 2.93. The molecular weight excluding hydrogens is 256 g/mol. The average molecular weight is 274 g/mol. The first-order valence-electron chi connectivity index (χ1n) is 6.88. The van der Waals surface area contributed by atoms with Crippen LogP contribution in [0.1, 0.15) is 24.6 Å². The molecule has 3 rings (SSSR count). The lowest BCUT2D eigenvalue weighted by atomic mass is 10.2. The number of hydrogen-bond donors (Lipinski definition) is 1. The second kappa shape index (κ2) is 5.92. The fraction of sp³-hybridized carbons (Fsp3) is 0.429. The predicted molar refractivity (Wildman–Crippen MR) is 73.3 cm³/mol. The van der Waals surface area contributed by atoms with Gasteiger partial charge in [-0.25, -0.2) is 9.78 Å². The smallest absolute Gasteiger partial charge is 0.326 e. The van der Waals surface area contributed by atoms with Crippen molar-refractivity contribution < 1.29 is 9.21 Å². The zero-order chi connectivity index (χ0) is 13.8. The highest BCUT2D eigenvalue weighted by Gasteiger charge is 2.25. The van der Waals surface area contributed by atoms with Crippen LogP contribution in [0.3, 0.4) is 0 Å². The van der Waals surface area contributed by atoms with Crippen molar-refractivity contribution in [1.29, 1.82) is 0 Å². The molecule has 1 amide bonds. The molecule has 6 nitrogen and oxygen atoms in total. The van der Waals surface area contributed by atoms with Gasteiger partial charge in [0.15, 0.2) is 0 Å². The second-order valence-corrected chi connectivity index (χ2v) is 4.93. The SMILES string of the molecule is O=C(NCC(c1ccco1)N1CCCC1)n1ccnc1. The molecule has 1 atom stereocenters. The van der Waals surface area contributed by atoms with Crippen molar-refractivity contribution >= 4 is 6.03 Å². The van der Waals surface area contributed by atoms with E-state index in [2.05, 4.69) is 15.2 Å². The number of furan rings is 1. The summed E-state index contributed by atoms with van der Waals surface area (Å²) >= 11 is 0. The third kappa shape index (κ3) is 2.75. The van der Waals surface area contributed by atoms with Crippen LogP contribution in [0.5, 0.6) is 0 Å². The van der Waals surface area contributed by atoms with Crippen LogP contribution in [0.4, 0.5) is 4.79 Å². The highest BCUT2D eigenvalue weighted by atomic mass is 16.3. The second-order valence-electron chi connectivity index (χ2n) is 4.93. The summed E-state index contributed by atoms with van der Waals surface area (Å²) in [6.45, 7) is 2.63. The van der Waals surface area contributed by atoms with E-state index < -0.39 is 0 Å². The minimum atomic E-state index is -0.168. The summed E-state index contributed by atoms with van der Waals surface area (Å²) in [7, 11) is 0. The maximum absolute atomic E-state index is 12.0. The largest absolute Gasteiger partial charge is 0.468 e. The first-order chi connectivity index (χ1) is 9.84. The Hall–Kier alpha value is -2.08. The lowest BCUT2D eigenvalue weighted by molar-refractivity contribution is 0.204. The molecule has 0 aliphatic carbocycles. The van der Waals surface area contributed by atoms with Gasteiger partial charge in [-0.1, -0.05) is 0 Å². The molecule has 1 fully saturated rings. The predicted octanol–water partition coefficient (Wildman–Crippen LogP) is 1.87. The van der Waals surface area contributed by atoms with E-state index in [9.17, 15) is 4.79 Å². The van der Waals surface area contributed by atoms with Gasteiger partial charge in [0, 0.05) is 18.9 Å². The lowest BCUT2D eigenvalue weighted by Gasteiger charge is -2.25. The molecule has 2 aromatic rings. The Morgan fingerprint density at radius 3 is 2.95 bits per heavy atom. The van der Waals surface area contributed by atoms with E-state index in [4.69, 9.17) is 4.42 Å². The molecule has 20 heavy (non-hydrogen) atoms. The molecule has 2 aromatic heterocycles. The average Bonchev–Trinajstić information content (AvgIpc) is 3.22. The lowest BCUT2D eigenvalue weighted by Crippen LogP contribution is -2.38. The van der Waals surface area contributed by atoms with Gasteiger partial charge in [0.1, 0.15) is 12.1 Å². The minimum Gasteiger partial charge on any atom is -0.468 e. The summed E-state index contributed by atoms with van der Waals surface area (Å²) < 4.78 is 6.95. The van der Waals surface area contributed by atoms with Crippen LogP contribution in [0.2, 0.25) is 0 Å². The van der Waals surface area contributed by atoms with Gasteiger partial charge in [0.2, 0.25) is 0 Å². The summed E-state index contributed by atoms with van der Waals surface area (Å²) in [5.41, 5.74) is 0.